The molecule has 0 fully saturated rings. The van der Waals surface area contributed by atoms with E-state index in [0.29, 0.717) is 0 Å². The summed E-state index contributed by atoms with van der Waals surface area (Å²) in [6, 6.07) is 5.81. The molecular weight excluding hydrogens is 358 g/mol. The summed E-state index contributed by atoms with van der Waals surface area (Å²) in [4.78, 5) is 20.4. The maximum Gasteiger partial charge on any atom is 0.318 e. The highest BCUT2D eigenvalue weighted by molar-refractivity contribution is 6.43. The van der Waals surface area contributed by atoms with Gasteiger partial charge >= 0.3 is 11.4 Å². The molecule has 0 amide bonds. The molecule has 7 nitrogen and oxygen atoms in total. The van der Waals surface area contributed by atoms with Gasteiger partial charge in [0.2, 0.25) is 0 Å². The molecule has 0 heterocycles. The lowest BCUT2D eigenvalue weighted by molar-refractivity contribution is -0.395. The van der Waals surface area contributed by atoms with Crippen LogP contribution in [0.1, 0.15) is 0 Å². The van der Waals surface area contributed by atoms with Gasteiger partial charge in [0, 0.05) is 18.2 Å². The first-order valence-electron chi connectivity index (χ1n) is 5.55. The number of benzene rings is 2. The summed E-state index contributed by atoms with van der Waals surface area (Å²) in [6.07, 6.45) is 0. The average molecular weight is 364 g/mol. The van der Waals surface area contributed by atoms with Crippen LogP contribution in [0.2, 0.25) is 15.1 Å². The molecule has 0 aliphatic heterocycles. The van der Waals surface area contributed by atoms with Gasteiger partial charge in [-0.3, -0.25) is 20.2 Å². The van der Waals surface area contributed by atoms with Crippen molar-refractivity contribution >= 4 is 46.2 Å². The molecule has 0 aliphatic carbocycles. The molecule has 114 valence electrons. The minimum atomic E-state index is -0.798. The topological polar surface area (TPSA) is 95.5 Å². The second kappa shape index (κ2) is 6.35. The van der Waals surface area contributed by atoms with Crippen LogP contribution in [-0.2, 0) is 0 Å². The van der Waals surface area contributed by atoms with Gasteiger partial charge in [-0.05, 0) is 12.1 Å². The molecule has 0 spiro atoms. The zero-order valence-corrected chi connectivity index (χ0v) is 12.7. The standard InChI is InChI=1S/C12H5Cl3N2O5/c13-6-4-8(15)11(5-7(6)14)22-12-9(16(18)19)2-1-3-10(12)17(20)21/h1-5H. The summed E-state index contributed by atoms with van der Waals surface area (Å²) in [5, 5.41) is 22.3. The van der Waals surface area contributed by atoms with Gasteiger partial charge in [0.25, 0.3) is 5.75 Å². The van der Waals surface area contributed by atoms with Gasteiger partial charge in [0.1, 0.15) is 5.75 Å². The highest BCUT2D eigenvalue weighted by atomic mass is 35.5. The summed E-state index contributed by atoms with van der Waals surface area (Å²) < 4.78 is 5.27. The zero-order chi connectivity index (χ0) is 16.4. The molecule has 2 rings (SSSR count). The number of nitro groups is 2. The summed E-state index contributed by atoms with van der Waals surface area (Å²) in [5.74, 6) is -0.633. The molecule has 0 saturated carbocycles. The number of nitro benzene ring substituents is 2. The van der Waals surface area contributed by atoms with Gasteiger partial charge in [0.15, 0.2) is 0 Å². The van der Waals surface area contributed by atoms with Gasteiger partial charge in [-0.1, -0.05) is 34.8 Å². The highest BCUT2D eigenvalue weighted by Gasteiger charge is 2.27. The monoisotopic (exact) mass is 362 g/mol. The smallest absolute Gasteiger partial charge is 0.318 e. The molecule has 0 bridgehead atoms. The first-order chi connectivity index (χ1) is 10.3. The molecule has 0 atom stereocenters. The Bertz CT molecular complexity index is 749. The van der Waals surface area contributed by atoms with Crippen molar-refractivity contribution in [1.29, 1.82) is 0 Å². The van der Waals surface area contributed by atoms with Crippen molar-refractivity contribution in [2.24, 2.45) is 0 Å². The predicted molar refractivity (Wildman–Crippen MR) is 81.3 cm³/mol. The quantitative estimate of drug-likeness (QED) is 0.419. The van der Waals surface area contributed by atoms with E-state index >= 15 is 0 Å². The molecule has 2 aromatic rings. The number of para-hydroxylation sites is 1. The lowest BCUT2D eigenvalue weighted by Gasteiger charge is -2.09. The van der Waals surface area contributed by atoms with E-state index in [1.165, 1.54) is 18.2 Å². The van der Waals surface area contributed by atoms with Crippen LogP contribution in [0.4, 0.5) is 11.4 Å². The first-order valence-corrected chi connectivity index (χ1v) is 6.69. The zero-order valence-electron chi connectivity index (χ0n) is 10.5. The minimum Gasteiger partial charge on any atom is -0.443 e. The summed E-state index contributed by atoms with van der Waals surface area (Å²) in [7, 11) is 0. The predicted octanol–water partition coefficient (Wildman–Crippen LogP) is 5.26. The first kappa shape index (κ1) is 16.3. The van der Waals surface area contributed by atoms with E-state index in [1.807, 2.05) is 0 Å². The Balaban J connectivity index is 2.60. The van der Waals surface area contributed by atoms with E-state index < -0.39 is 27.0 Å². The Kier molecular flexibility index (Phi) is 4.70. The van der Waals surface area contributed by atoms with Crippen LogP contribution in [0.3, 0.4) is 0 Å². The summed E-state index contributed by atoms with van der Waals surface area (Å²) >= 11 is 17.5. The molecule has 0 N–H and O–H groups in total. The van der Waals surface area contributed by atoms with E-state index in [-0.39, 0.29) is 20.8 Å². The number of ether oxygens (including phenoxy) is 1. The molecule has 2 aromatic carbocycles. The van der Waals surface area contributed by atoms with Gasteiger partial charge in [0.05, 0.1) is 24.9 Å². The third kappa shape index (κ3) is 3.22. The van der Waals surface area contributed by atoms with Crippen molar-refractivity contribution in [2.75, 3.05) is 0 Å². The average Bonchev–Trinajstić information content (AvgIpc) is 2.44. The van der Waals surface area contributed by atoms with Crippen LogP contribution in [0.5, 0.6) is 11.5 Å². The number of hydrogen-bond acceptors (Lipinski definition) is 5. The Morgan fingerprint density at radius 3 is 1.86 bits per heavy atom. The summed E-state index contributed by atoms with van der Waals surface area (Å²) in [6.45, 7) is 0. The summed E-state index contributed by atoms with van der Waals surface area (Å²) in [5.41, 5.74) is -1.15. The number of hydrogen-bond donors (Lipinski definition) is 0. The fourth-order valence-corrected chi connectivity index (χ4v) is 2.17. The van der Waals surface area contributed by atoms with Gasteiger partial charge in [-0.2, -0.15) is 0 Å². The van der Waals surface area contributed by atoms with E-state index in [1.54, 1.807) is 0 Å². The Morgan fingerprint density at radius 1 is 0.864 bits per heavy atom. The maximum atomic E-state index is 11.0. The molecule has 10 heteroatoms. The molecule has 22 heavy (non-hydrogen) atoms. The number of halogens is 3. The number of nitrogens with zero attached hydrogens (tertiary/aromatic N) is 2. The third-order valence-electron chi connectivity index (χ3n) is 2.55. The third-order valence-corrected chi connectivity index (χ3v) is 3.57. The lowest BCUT2D eigenvalue weighted by atomic mass is 10.2. The van der Waals surface area contributed by atoms with Crippen LogP contribution in [0.25, 0.3) is 0 Å². The molecule has 0 aliphatic rings. The van der Waals surface area contributed by atoms with Crippen molar-refractivity contribution in [3.63, 3.8) is 0 Å². The second-order valence-corrected chi connectivity index (χ2v) is 5.16. The SMILES string of the molecule is O=[N+]([O-])c1cccc([N+](=O)[O-])c1Oc1cc(Cl)c(Cl)cc1Cl. The normalized spacial score (nSPS) is 10.3. The molecular formula is C12H5Cl3N2O5. The fraction of sp³-hybridized carbons (Fsp3) is 0. The van der Waals surface area contributed by atoms with E-state index in [4.69, 9.17) is 39.5 Å². The number of rotatable bonds is 4. The minimum absolute atomic E-state index is 0.00171. The van der Waals surface area contributed by atoms with Crippen molar-refractivity contribution in [1.82, 2.24) is 0 Å². The second-order valence-electron chi connectivity index (χ2n) is 3.94. The van der Waals surface area contributed by atoms with Gasteiger partial charge in [-0.15, -0.1) is 0 Å². The maximum absolute atomic E-state index is 11.0. The largest absolute Gasteiger partial charge is 0.443 e. The van der Waals surface area contributed by atoms with Crippen LogP contribution < -0.4 is 4.74 Å². The van der Waals surface area contributed by atoms with E-state index in [0.717, 1.165) is 12.1 Å². The van der Waals surface area contributed by atoms with Gasteiger partial charge < -0.3 is 4.74 Å². The van der Waals surface area contributed by atoms with E-state index in [2.05, 4.69) is 0 Å². The fourth-order valence-electron chi connectivity index (χ4n) is 1.60. The highest BCUT2D eigenvalue weighted by Crippen LogP contribution is 2.43. The molecule has 0 radical (unpaired) electrons. The molecule has 0 saturated heterocycles. The Morgan fingerprint density at radius 2 is 1.36 bits per heavy atom. The Labute approximate surface area is 138 Å². The van der Waals surface area contributed by atoms with Gasteiger partial charge in [-0.25, -0.2) is 0 Å². The molecule has 0 unspecified atom stereocenters. The van der Waals surface area contributed by atoms with Crippen LogP contribution >= 0.6 is 34.8 Å². The van der Waals surface area contributed by atoms with Crippen molar-refractivity contribution in [2.45, 2.75) is 0 Å². The molecule has 0 aromatic heterocycles. The van der Waals surface area contributed by atoms with Crippen molar-refractivity contribution in [3.8, 4) is 11.5 Å². The Hall–Kier alpha value is -2.09. The lowest BCUT2D eigenvalue weighted by Crippen LogP contribution is -1.98. The van der Waals surface area contributed by atoms with Crippen LogP contribution in [-0.4, -0.2) is 9.85 Å². The van der Waals surface area contributed by atoms with Crippen molar-refractivity contribution in [3.05, 3.63) is 65.6 Å². The van der Waals surface area contributed by atoms with Crippen LogP contribution in [0.15, 0.2) is 30.3 Å². The van der Waals surface area contributed by atoms with Crippen molar-refractivity contribution < 1.29 is 14.6 Å². The van der Waals surface area contributed by atoms with Crippen LogP contribution in [0, 0.1) is 20.2 Å². The van der Waals surface area contributed by atoms with E-state index in [9.17, 15) is 20.2 Å².